The zero-order valence-electron chi connectivity index (χ0n) is 8.40. The molecule has 0 N–H and O–H groups in total. The lowest BCUT2D eigenvalue weighted by Gasteiger charge is -2.14. The summed E-state index contributed by atoms with van der Waals surface area (Å²) in [5.41, 5.74) is 1.09. The van der Waals surface area contributed by atoms with E-state index < -0.39 is 0 Å². The molecule has 0 spiro atoms. The monoisotopic (exact) mass is 191 g/mol. The molecule has 14 heavy (non-hydrogen) atoms. The number of nitrogens with zero attached hydrogens (tertiary/aromatic N) is 3. The van der Waals surface area contributed by atoms with Gasteiger partial charge in [-0.2, -0.15) is 0 Å². The summed E-state index contributed by atoms with van der Waals surface area (Å²) in [6, 6.07) is 3.87. The molecule has 0 radical (unpaired) electrons. The van der Waals surface area contributed by atoms with Gasteiger partial charge >= 0.3 is 0 Å². The van der Waals surface area contributed by atoms with Crippen molar-refractivity contribution in [3.05, 3.63) is 23.9 Å². The largest absolute Gasteiger partial charge is 0.363 e. The molecule has 0 unspecified atom stereocenters. The summed E-state index contributed by atoms with van der Waals surface area (Å²) in [6.07, 6.45) is 4.00. The predicted molar refractivity (Wildman–Crippen MR) is 55.3 cm³/mol. The molecule has 0 aromatic carbocycles. The smallest absolute Gasteiger partial charge is 0.234 e. The van der Waals surface area contributed by atoms with E-state index in [9.17, 15) is 4.79 Å². The van der Waals surface area contributed by atoms with Crippen molar-refractivity contribution in [2.24, 2.45) is 4.99 Å². The molecule has 4 heteroatoms. The van der Waals surface area contributed by atoms with Crippen LogP contribution in [0.2, 0.25) is 0 Å². The number of aliphatic imine (C=N–C) groups is 1. The van der Waals surface area contributed by atoms with E-state index >= 15 is 0 Å². The summed E-state index contributed by atoms with van der Waals surface area (Å²) in [7, 11) is 3.88. The van der Waals surface area contributed by atoms with Gasteiger partial charge in [-0.1, -0.05) is 6.07 Å². The Labute approximate surface area is 83.3 Å². The van der Waals surface area contributed by atoms with Crippen LogP contribution in [-0.4, -0.2) is 31.7 Å². The van der Waals surface area contributed by atoms with Crippen molar-refractivity contribution in [2.75, 3.05) is 25.5 Å². The summed E-state index contributed by atoms with van der Waals surface area (Å²) in [5.74, 6) is 0.925. The van der Waals surface area contributed by atoms with Gasteiger partial charge in [0.25, 0.3) is 0 Å². The third-order valence-corrected chi connectivity index (χ3v) is 1.85. The van der Waals surface area contributed by atoms with Gasteiger partial charge in [0.1, 0.15) is 5.82 Å². The highest BCUT2D eigenvalue weighted by Crippen LogP contribution is 2.14. The minimum absolute atomic E-state index is 0.468. The Bertz CT molecular complexity index is 343. The molecular weight excluding hydrogens is 178 g/mol. The molecule has 0 aliphatic heterocycles. The fourth-order valence-corrected chi connectivity index (χ4v) is 1.25. The van der Waals surface area contributed by atoms with Crippen LogP contribution in [0, 0.1) is 0 Å². The highest BCUT2D eigenvalue weighted by Gasteiger charge is 2.03. The molecule has 0 fully saturated rings. The maximum atomic E-state index is 9.90. The van der Waals surface area contributed by atoms with Crippen molar-refractivity contribution >= 4 is 11.9 Å². The molecule has 0 aliphatic carbocycles. The normalized spacial score (nSPS) is 9.29. The molecular formula is C10H13N3O. The van der Waals surface area contributed by atoms with Gasteiger partial charge in [0.2, 0.25) is 6.08 Å². The fraction of sp³-hybridized carbons (Fsp3) is 0.400. The first-order valence-corrected chi connectivity index (χ1v) is 4.40. The molecule has 0 saturated carbocycles. The Kier molecular flexibility index (Phi) is 3.83. The average molecular weight is 191 g/mol. The van der Waals surface area contributed by atoms with Crippen molar-refractivity contribution in [3.8, 4) is 0 Å². The summed E-state index contributed by atoms with van der Waals surface area (Å²) in [6.45, 7) is 0.468. The number of hydrogen-bond acceptors (Lipinski definition) is 4. The van der Waals surface area contributed by atoms with Gasteiger partial charge < -0.3 is 4.90 Å². The second kappa shape index (κ2) is 5.14. The van der Waals surface area contributed by atoms with Crippen LogP contribution in [0.15, 0.2) is 23.3 Å². The first-order chi connectivity index (χ1) is 6.75. The minimum atomic E-state index is 0.468. The van der Waals surface area contributed by atoms with Gasteiger partial charge in [-0.25, -0.2) is 14.8 Å². The van der Waals surface area contributed by atoms with Gasteiger partial charge in [0, 0.05) is 20.3 Å². The molecule has 0 bridgehead atoms. The van der Waals surface area contributed by atoms with Crippen LogP contribution < -0.4 is 4.90 Å². The predicted octanol–water partition coefficient (Wildman–Crippen LogP) is 1.03. The van der Waals surface area contributed by atoms with Crippen LogP contribution in [0.3, 0.4) is 0 Å². The maximum Gasteiger partial charge on any atom is 0.234 e. The van der Waals surface area contributed by atoms with Gasteiger partial charge in [0.05, 0.1) is 6.54 Å². The maximum absolute atomic E-state index is 9.90. The van der Waals surface area contributed by atoms with E-state index in [1.54, 1.807) is 6.20 Å². The average Bonchev–Trinajstić information content (AvgIpc) is 2.19. The first kappa shape index (κ1) is 10.4. The summed E-state index contributed by atoms with van der Waals surface area (Å²) in [4.78, 5) is 19.6. The number of pyridine rings is 1. The van der Waals surface area contributed by atoms with Crippen LogP contribution in [0.25, 0.3) is 0 Å². The molecule has 0 atom stereocenters. The molecule has 0 aliphatic rings. The van der Waals surface area contributed by atoms with E-state index in [0.29, 0.717) is 6.54 Å². The lowest BCUT2D eigenvalue weighted by Crippen LogP contribution is -2.13. The Morgan fingerprint density at radius 2 is 2.36 bits per heavy atom. The Balaban J connectivity index is 2.79. The second-order valence-electron chi connectivity index (χ2n) is 3.10. The molecule has 0 saturated heterocycles. The fourth-order valence-electron chi connectivity index (χ4n) is 1.25. The van der Waals surface area contributed by atoms with Crippen molar-refractivity contribution in [1.29, 1.82) is 0 Å². The molecule has 0 amide bonds. The van der Waals surface area contributed by atoms with E-state index in [0.717, 1.165) is 17.8 Å². The highest BCUT2D eigenvalue weighted by atomic mass is 16.1. The van der Waals surface area contributed by atoms with E-state index in [2.05, 4.69) is 9.98 Å². The van der Waals surface area contributed by atoms with Crippen LogP contribution in [0.5, 0.6) is 0 Å². The zero-order chi connectivity index (χ0) is 10.4. The van der Waals surface area contributed by atoms with E-state index in [-0.39, 0.29) is 0 Å². The quantitative estimate of drug-likeness (QED) is 0.527. The van der Waals surface area contributed by atoms with Crippen LogP contribution in [0.1, 0.15) is 5.56 Å². The summed E-state index contributed by atoms with van der Waals surface area (Å²) in [5, 5.41) is 0. The summed E-state index contributed by atoms with van der Waals surface area (Å²) < 4.78 is 0. The number of hydrogen-bond donors (Lipinski definition) is 0. The number of aromatic nitrogens is 1. The van der Waals surface area contributed by atoms with Crippen molar-refractivity contribution in [2.45, 2.75) is 6.42 Å². The third kappa shape index (κ3) is 2.68. The lowest BCUT2D eigenvalue weighted by atomic mass is 10.2. The number of isocyanates is 1. The molecule has 1 aromatic rings. The molecule has 4 nitrogen and oxygen atoms in total. The van der Waals surface area contributed by atoms with Crippen LogP contribution >= 0.6 is 0 Å². The van der Waals surface area contributed by atoms with Crippen molar-refractivity contribution in [3.63, 3.8) is 0 Å². The SMILES string of the molecule is CN(C)c1ncccc1CCN=C=O. The number of anilines is 1. The van der Waals surface area contributed by atoms with Gasteiger partial charge in [0.15, 0.2) is 0 Å². The molecule has 74 valence electrons. The van der Waals surface area contributed by atoms with Gasteiger partial charge in [-0.3, -0.25) is 0 Å². The van der Waals surface area contributed by atoms with Crippen molar-refractivity contribution in [1.82, 2.24) is 4.98 Å². The molecule has 1 rings (SSSR count). The Hall–Kier alpha value is -1.67. The highest BCUT2D eigenvalue weighted by molar-refractivity contribution is 5.45. The topological polar surface area (TPSA) is 45.6 Å². The molecule has 1 heterocycles. The van der Waals surface area contributed by atoms with Crippen LogP contribution in [0.4, 0.5) is 5.82 Å². The van der Waals surface area contributed by atoms with Gasteiger partial charge in [-0.15, -0.1) is 0 Å². The zero-order valence-corrected chi connectivity index (χ0v) is 8.40. The van der Waals surface area contributed by atoms with E-state index in [1.165, 1.54) is 6.08 Å². The Morgan fingerprint density at radius 3 is 3.00 bits per heavy atom. The van der Waals surface area contributed by atoms with E-state index in [4.69, 9.17) is 0 Å². The second-order valence-corrected chi connectivity index (χ2v) is 3.10. The van der Waals surface area contributed by atoms with Crippen LogP contribution in [-0.2, 0) is 11.2 Å². The summed E-state index contributed by atoms with van der Waals surface area (Å²) >= 11 is 0. The number of carbonyl (C=O) groups excluding carboxylic acids is 1. The lowest BCUT2D eigenvalue weighted by molar-refractivity contribution is 0.563. The number of rotatable bonds is 4. The van der Waals surface area contributed by atoms with Crippen molar-refractivity contribution < 1.29 is 4.79 Å². The van der Waals surface area contributed by atoms with E-state index in [1.807, 2.05) is 31.1 Å². The van der Waals surface area contributed by atoms with Gasteiger partial charge in [-0.05, 0) is 18.1 Å². The first-order valence-electron chi connectivity index (χ1n) is 4.40. The Morgan fingerprint density at radius 1 is 1.57 bits per heavy atom. The molecule has 1 aromatic heterocycles. The standard InChI is InChI=1S/C10H13N3O/c1-13(2)10-9(4-3-6-12-10)5-7-11-8-14/h3-4,6H,5,7H2,1-2H3. The third-order valence-electron chi connectivity index (χ3n) is 1.85. The minimum Gasteiger partial charge on any atom is -0.363 e.